The number of rotatable bonds is 7. The zero-order valence-electron chi connectivity index (χ0n) is 16.3. The second-order valence-corrected chi connectivity index (χ2v) is 8.19. The number of carbonyl (C=O) groups is 3. The maximum absolute atomic E-state index is 12.5. The Morgan fingerprint density at radius 1 is 1.31 bits per heavy atom. The Bertz CT molecular complexity index is 759. The third-order valence-electron chi connectivity index (χ3n) is 3.96. The van der Waals surface area contributed by atoms with Gasteiger partial charge in [0.1, 0.15) is 11.3 Å². The number of carbonyl (C=O) groups excluding carboxylic acids is 3. The number of halogens is 1. The normalized spacial score (nSPS) is 17.3. The van der Waals surface area contributed by atoms with Crippen LogP contribution in [-0.4, -0.2) is 46.5 Å². The number of para-hydroxylation sites is 1. The number of amides is 1. The summed E-state index contributed by atoms with van der Waals surface area (Å²) in [4.78, 5) is 35.8. The van der Waals surface area contributed by atoms with E-state index in [0.717, 1.165) is 0 Å². The summed E-state index contributed by atoms with van der Waals surface area (Å²) in [7, 11) is -1.31. The van der Waals surface area contributed by atoms with Crippen molar-refractivity contribution in [3.05, 3.63) is 29.3 Å². The molecule has 2 rings (SSSR count). The van der Waals surface area contributed by atoms with Crippen molar-refractivity contribution >= 4 is 47.7 Å². The first-order valence-corrected chi connectivity index (χ1v) is 10.4. The molecule has 1 aliphatic heterocycles. The summed E-state index contributed by atoms with van der Waals surface area (Å²) in [5, 5.41) is 13.0. The summed E-state index contributed by atoms with van der Waals surface area (Å²) in [6.07, 6.45) is -0.819. The molecule has 2 unspecified atom stereocenters. The van der Waals surface area contributed by atoms with Gasteiger partial charge in [-0.15, -0.1) is 0 Å². The molecule has 2 N–H and O–H groups in total. The number of alkyl halides is 1. The number of hydrogen-bond acceptors (Lipinski definition) is 8. The first-order valence-electron chi connectivity index (χ1n) is 9.19. The molecular formula is C18H23BINO8. The molecule has 11 heteroatoms. The van der Waals surface area contributed by atoms with E-state index in [0.29, 0.717) is 24.8 Å². The predicted octanol–water partition coefficient (Wildman–Crippen LogP) is 2.36. The fourth-order valence-corrected chi connectivity index (χ4v) is 2.96. The van der Waals surface area contributed by atoms with E-state index in [1.54, 1.807) is 19.1 Å². The SMILES string of the molecule is CCCC(=O)N[C@H]1Cc2cccc(C(=O)OC(C)OC(=O)OC(C)I)c2OB1O. The highest BCUT2D eigenvalue weighted by Crippen LogP contribution is 2.31. The molecule has 0 aromatic heterocycles. The Labute approximate surface area is 182 Å². The molecule has 158 valence electrons. The molecule has 0 saturated carbocycles. The standard InChI is InChI=1S/C18H23BINO8/c1-4-6-15(22)21-14-9-12-7-5-8-13(16(12)29-19(14)25)17(23)27-11(3)28-18(24)26-10(2)20/h5,7-8,10-11,14,25H,4,6,9H2,1-3H3,(H,21,22)/t10?,11?,14-/m0/s1. The summed E-state index contributed by atoms with van der Waals surface area (Å²) < 4.78 is 19.9. The van der Waals surface area contributed by atoms with Crippen molar-refractivity contribution in [3.8, 4) is 5.75 Å². The minimum Gasteiger partial charge on any atom is -0.534 e. The molecule has 0 bridgehead atoms. The van der Waals surface area contributed by atoms with Gasteiger partial charge in [0.15, 0.2) is 4.11 Å². The van der Waals surface area contributed by atoms with Gasteiger partial charge >= 0.3 is 19.2 Å². The van der Waals surface area contributed by atoms with E-state index < -0.39 is 35.6 Å². The van der Waals surface area contributed by atoms with Crippen LogP contribution in [0.15, 0.2) is 18.2 Å². The van der Waals surface area contributed by atoms with Gasteiger partial charge in [-0.3, -0.25) is 4.79 Å². The second-order valence-electron chi connectivity index (χ2n) is 6.43. The molecule has 9 nitrogen and oxygen atoms in total. The minimum atomic E-state index is -1.31. The van der Waals surface area contributed by atoms with Crippen LogP contribution in [0.2, 0.25) is 0 Å². The zero-order valence-corrected chi connectivity index (χ0v) is 18.5. The van der Waals surface area contributed by atoms with E-state index >= 15 is 0 Å². The Morgan fingerprint density at radius 3 is 2.69 bits per heavy atom. The van der Waals surface area contributed by atoms with Crippen molar-refractivity contribution in [2.24, 2.45) is 0 Å². The number of esters is 1. The fraction of sp³-hybridized carbons (Fsp3) is 0.500. The molecule has 1 heterocycles. The highest BCUT2D eigenvalue weighted by molar-refractivity contribution is 14.1. The molecule has 0 radical (unpaired) electrons. The van der Waals surface area contributed by atoms with Crippen molar-refractivity contribution in [3.63, 3.8) is 0 Å². The summed E-state index contributed by atoms with van der Waals surface area (Å²) >= 11 is 1.88. The van der Waals surface area contributed by atoms with Gasteiger partial charge in [0.25, 0.3) is 0 Å². The van der Waals surface area contributed by atoms with Gasteiger partial charge in [-0.05, 0) is 54.0 Å². The first kappa shape index (κ1) is 23.3. The minimum absolute atomic E-state index is 0.0750. The molecular weight excluding hydrogens is 496 g/mol. The van der Waals surface area contributed by atoms with E-state index in [1.165, 1.54) is 13.0 Å². The summed E-state index contributed by atoms with van der Waals surface area (Å²) in [6.45, 7) is 4.91. The first-order chi connectivity index (χ1) is 13.7. The fourth-order valence-electron chi connectivity index (χ4n) is 2.75. The van der Waals surface area contributed by atoms with Crippen molar-refractivity contribution in [1.29, 1.82) is 0 Å². The highest BCUT2D eigenvalue weighted by atomic mass is 127. The summed E-state index contributed by atoms with van der Waals surface area (Å²) in [6, 6.07) is 4.84. The van der Waals surface area contributed by atoms with E-state index in [-0.39, 0.29) is 17.2 Å². The van der Waals surface area contributed by atoms with E-state index in [2.05, 4.69) is 5.32 Å². The van der Waals surface area contributed by atoms with E-state index in [4.69, 9.17) is 18.9 Å². The van der Waals surface area contributed by atoms with Crippen molar-refractivity contribution < 1.29 is 38.3 Å². The summed E-state index contributed by atoms with van der Waals surface area (Å²) in [5.41, 5.74) is 0.712. The van der Waals surface area contributed by atoms with Crippen LogP contribution in [0.3, 0.4) is 0 Å². The zero-order chi connectivity index (χ0) is 21.6. The van der Waals surface area contributed by atoms with Gasteiger partial charge in [-0.25, -0.2) is 9.59 Å². The lowest BCUT2D eigenvalue weighted by Crippen LogP contribution is -2.53. The quantitative estimate of drug-likeness (QED) is 0.185. The number of hydrogen-bond donors (Lipinski definition) is 2. The van der Waals surface area contributed by atoms with Crippen LogP contribution in [-0.2, 0) is 25.4 Å². The van der Waals surface area contributed by atoms with Gasteiger partial charge in [0, 0.05) is 13.3 Å². The van der Waals surface area contributed by atoms with Crippen LogP contribution in [0.4, 0.5) is 4.79 Å². The van der Waals surface area contributed by atoms with Crippen LogP contribution in [0, 0.1) is 0 Å². The van der Waals surface area contributed by atoms with E-state index in [9.17, 15) is 19.4 Å². The van der Waals surface area contributed by atoms with E-state index in [1.807, 2.05) is 29.5 Å². The third-order valence-corrected chi connectivity index (χ3v) is 4.21. The monoisotopic (exact) mass is 519 g/mol. The van der Waals surface area contributed by atoms with Gasteiger partial charge in [0.05, 0.1) is 5.94 Å². The molecule has 29 heavy (non-hydrogen) atoms. The third kappa shape index (κ3) is 6.77. The Hall–Kier alpha value is -2.02. The van der Waals surface area contributed by atoms with Crippen molar-refractivity contribution in [1.82, 2.24) is 5.32 Å². The van der Waals surface area contributed by atoms with Crippen LogP contribution >= 0.6 is 22.6 Å². The molecule has 1 amide bonds. The van der Waals surface area contributed by atoms with Crippen molar-refractivity contribution in [2.45, 2.75) is 56.4 Å². The molecule has 0 saturated heterocycles. The van der Waals surface area contributed by atoms with Gasteiger partial charge in [-0.1, -0.05) is 19.1 Å². The highest BCUT2D eigenvalue weighted by Gasteiger charge is 2.38. The van der Waals surface area contributed by atoms with Gasteiger partial charge < -0.3 is 29.2 Å². The Kier molecular flexibility index (Phi) is 8.56. The maximum atomic E-state index is 12.5. The van der Waals surface area contributed by atoms with Crippen LogP contribution in [0.1, 0.15) is 49.5 Å². The Balaban J connectivity index is 2.06. The summed E-state index contributed by atoms with van der Waals surface area (Å²) in [5.74, 6) is -1.43. The molecule has 1 aromatic carbocycles. The number of ether oxygens (including phenoxy) is 3. The second kappa shape index (κ2) is 10.7. The lowest BCUT2D eigenvalue weighted by Gasteiger charge is -2.29. The maximum Gasteiger partial charge on any atom is 0.547 e. The Morgan fingerprint density at radius 2 is 2.03 bits per heavy atom. The molecule has 1 aliphatic rings. The van der Waals surface area contributed by atoms with Crippen LogP contribution in [0.5, 0.6) is 5.75 Å². The van der Waals surface area contributed by atoms with Gasteiger partial charge in [-0.2, -0.15) is 0 Å². The smallest absolute Gasteiger partial charge is 0.534 e. The molecule has 1 aromatic rings. The molecule has 3 atom stereocenters. The molecule has 0 spiro atoms. The number of nitrogens with one attached hydrogen (secondary N) is 1. The number of fused-ring (bicyclic) bond motifs is 1. The molecule has 0 aliphatic carbocycles. The van der Waals surface area contributed by atoms with Crippen molar-refractivity contribution in [2.75, 3.05) is 0 Å². The lowest BCUT2D eigenvalue weighted by molar-refractivity contribution is -0.121. The lowest BCUT2D eigenvalue weighted by atomic mass is 9.72. The van der Waals surface area contributed by atoms with Crippen LogP contribution in [0.25, 0.3) is 0 Å². The largest absolute Gasteiger partial charge is 0.547 e. The van der Waals surface area contributed by atoms with Crippen LogP contribution < -0.4 is 9.97 Å². The average Bonchev–Trinajstić information content (AvgIpc) is 2.61. The molecule has 0 fully saturated rings. The van der Waals surface area contributed by atoms with Gasteiger partial charge in [0.2, 0.25) is 12.2 Å². The average molecular weight is 519 g/mol. The predicted molar refractivity (Wildman–Crippen MR) is 112 cm³/mol. The number of benzene rings is 1. The topological polar surface area (TPSA) is 120 Å².